The van der Waals surface area contributed by atoms with Crippen LogP contribution in [0, 0.1) is 10.1 Å². The summed E-state index contributed by atoms with van der Waals surface area (Å²) in [5, 5.41) is 18.4. The summed E-state index contributed by atoms with van der Waals surface area (Å²) in [5.41, 5.74) is 1.67. The minimum Gasteiger partial charge on any atom is -0.379 e. The van der Waals surface area contributed by atoms with Crippen LogP contribution in [-0.4, -0.2) is 26.6 Å². The molecule has 25 heavy (non-hydrogen) atoms. The summed E-state index contributed by atoms with van der Waals surface area (Å²) in [6, 6.07) is 8.41. The van der Waals surface area contributed by atoms with Crippen LogP contribution in [0.5, 0.6) is 0 Å². The molecule has 0 aliphatic rings. The molecule has 0 saturated heterocycles. The van der Waals surface area contributed by atoms with Crippen molar-refractivity contribution in [3.05, 3.63) is 52.8 Å². The molecule has 0 spiro atoms. The fraction of sp³-hybridized carbons (Fsp3) is 0.235. The highest BCUT2D eigenvalue weighted by atomic mass is 16.6. The van der Waals surface area contributed by atoms with Crippen LogP contribution >= 0.6 is 0 Å². The van der Waals surface area contributed by atoms with Gasteiger partial charge in [0.05, 0.1) is 4.92 Å². The SMILES string of the molecule is CCCCNc1ccc(-c2nc(-c3cccnc3)no2)cc1[N+](=O)[O-]. The van der Waals surface area contributed by atoms with Gasteiger partial charge in [-0.05, 0) is 30.7 Å². The number of benzene rings is 1. The van der Waals surface area contributed by atoms with Gasteiger partial charge in [0.25, 0.3) is 11.6 Å². The lowest BCUT2D eigenvalue weighted by molar-refractivity contribution is -0.383. The van der Waals surface area contributed by atoms with E-state index in [1.54, 1.807) is 30.6 Å². The molecule has 0 radical (unpaired) electrons. The van der Waals surface area contributed by atoms with Gasteiger partial charge in [0, 0.05) is 36.1 Å². The first-order valence-electron chi connectivity index (χ1n) is 7.96. The molecule has 8 nitrogen and oxygen atoms in total. The zero-order valence-electron chi connectivity index (χ0n) is 13.7. The molecule has 0 aliphatic carbocycles. The zero-order valence-corrected chi connectivity index (χ0v) is 13.7. The van der Waals surface area contributed by atoms with E-state index >= 15 is 0 Å². The van der Waals surface area contributed by atoms with Gasteiger partial charge in [0.15, 0.2) is 0 Å². The number of anilines is 1. The van der Waals surface area contributed by atoms with Gasteiger partial charge in [-0.15, -0.1) is 0 Å². The topological polar surface area (TPSA) is 107 Å². The van der Waals surface area contributed by atoms with Crippen LogP contribution in [0.2, 0.25) is 0 Å². The van der Waals surface area contributed by atoms with Crippen LogP contribution in [-0.2, 0) is 0 Å². The molecular formula is C17H17N5O3. The zero-order chi connectivity index (χ0) is 17.6. The number of nitro groups is 1. The molecule has 2 heterocycles. The first-order valence-corrected chi connectivity index (χ1v) is 7.96. The third kappa shape index (κ3) is 3.79. The summed E-state index contributed by atoms with van der Waals surface area (Å²) in [6.07, 6.45) is 5.23. The Morgan fingerprint density at radius 1 is 1.28 bits per heavy atom. The number of hydrogen-bond donors (Lipinski definition) is 1. The number of rotatable bonds is 7. The van der Waals surface area contributed by atoms with Crippen molar-refractivity contribution >= 4 is 11.4 Å². The summed E-state index contributed by atoms with van der Waals surface area (Å²) in [4.78, 5) is 19.2. The summed E-state index contributed by atoms with van der Waals surface area (Å²) >= 11 is 0. The van der Waals surface area contributed by atoms with Gasteiger partial charge in [0.1, 0.15) is 5.69 Å². The molecule has 1 N–H and O–H groups in total. The van der Waals surface area contributed by atoms with Gasteiger partial charge in [-0.1, -0.05) is 18.5 Å². The fourth-order valence-electron chi connectivity index (χ4n) is 2.32. The van der Waals surface area contributed by atoms with E-state index in [1.165, 1.54) is 6.07 Å². The van der Waals surface area contributed by atoms with E-state index in [9.17, 15) is 10.1 Å². The summed E-state index contributed by atoms with van der Waals surface area (Å²) < 4.78 is 5.25. The van der Waals surface area contributed by atoms with Crippen molar-refractivity contribution in [2.45, 2.75) is 19.8 Å². The maximum Gasteiger partial charge on any atom is 0.293 e. The summed E-state index contributed by atoms with van der Waals surface area (Å²) in [5.74, 6) is 0.609. The molecule has 128 valence electrons. The lowest BCUT2D eigenvalue weighted by Gasteiger charge is -2.06. The molecule has 0 unspecified atom stereocenters. The minimum absolute atomic E-state index is 0.0188. The number of hydrogen-bond acceptors (Lipinski definition) is 7. The van der Waals surface area contributed by atoms with Crippen molar-refractivity contribution in [3.63, 3.8) is 0 Å². The second-order valence-electron chi connectivity index (χ2n) is 5.43. The molecule has 3 aromatic rings. The molecule has 0 saturated carbocycles. The van der Waals surface area contributed by atoms with E-state index in [4.69, 9.17) is 4.52 Å². The highest BCUT2D eigenvalue weighted by Crippen LogP contribution is 2.30. The van der Waals surface area contributed by atoms with Crippen LogP contribution in [0.1, 0.15) is 19.8 Å². The largest absolute Gasteiger partial charge is 0.379 e. The highest BCUT2D eigenvalue weighted by molar-refractivity contribution is 5.70. The van der Waals surface area contributed by atoms with Crippen molar-refractivity contribution in [2.75, 3.05) is 11.9 Å². The first-order chi connectivity index (χ1) is 12.2. The minimum atomic E-state index is -0.420. The Morgan fingerprint density at radius 3 is 2.88 bits per heavy atom. The smallest absolute Gasteiger partial charge is 0.293 e. The lowest BCUT2D eigenvalue weighted by atomic mass is 10.1. The summed E-state index contributed by atoms with van der Waals surface area (Å²) in [7, 11) is 0. The summed E-state index contributed by atoms with van der Waals surface area (Å²) in [6.45, 7) is 2.75. The Labute approximate surface area is 144 Å². The molecule has 0 bridgehead atoms. The molecule has 0 atom stereocenters. The van der Waals surface area contributed by atoms with E-state index in [-0.39, 0.29) is 11.6 Å². The molecule has 0 aliphatic heterocycles. The Bertz CT molecular complexity index is 864. The van der Waals surface area contributed by atoms with E-state index < -0.39 is 4.92 Å². The van der Waals surface area contributed by atoms with E-state index in [2.05, 4.69) is 27.4 Å². The predicted molar refractivity (Wildman–Crippen MR) is 93.0 cm³/mol. The number of unbranched alkanes of at least 4 members (excludes halogenated alkanes) is 1. The van der Waals surface area contributed by atoms with Gasteiger partial charge in [-0.25, -0.2) is 0 Å². The van der Waals surface area contributed by atoms with E-state index in [0.29, 0.717) is 29.2 Å². The first kappa shape index (κ1) is 16.6. The van der Waals surface area contributed by atoms with E-state index in [1.807, 2.05) is 6.07 Å². The second kappa shape index (κ2) is 7.52. The normalized spacial score (nSPS) is 10.6. The van der Waals surface area contributed by atoms with Crippen molar-refractivity contribution in [1.29, 1.82) is 0 Å². The maximum atomic E-state index is 11.4. The van der Waals surface area contributed by atoms with Crippen LogP contribution < -0.4 is 5.32 Å². The molecule has 1 aromatic carbocycles. The van der Waals surface area contributed by atoms with Crippen molar-refractivity contribution in [3.8, 4) is 22.8 Å². The van der Waals surface area contributed by atoms with Crippen molar-refractivity contribution in [2.24, 2.45) is 0 Å². The molecular weight excluding hydrogens is 322 g/mol. The average molecular weight is 339 g/mol. The van der Waals surface area contributed by atoms with Crippen LogP contribution in [0.3, 0.4) is 0 Å². The number of aromatic nitrogens is 3. The maximum absolute atomic E-state index is 11.4. The lowest BCUT2D eigenvalue weighted by Crippen LogP contribution is -2.04. The monoisotopic (exact) mass is 339 g/mol. The van der Waals surface area contributed by atoms with E-state index in [0.717, 1.165) is 12.8 Å². The number of nitro benzene ring substituents is 1. The molecule has 0 amide bonds. The third-order valence-corrected chi connectivity index (χ3v) is 3.63. The van der Waals surface area contributed by atoms with Gasteiger partial charge in [0.2, 0.25) is 5.82 Å². The second-order valence-corrected chi connectivity index (χ2v) is 5.43. The Balaban J connectivity index is 1.89. The van der Waals surface area contributed by atoms with Gasteiger partial charge in [-0.3, -0.25) is 15.1 Å². The molecule has 8 heteroatoms. The van der Waals surface area contributed by atoms with Crippen LogP contribution in [0.15, 0.2) is 47.2 Å². The van der Waals surface area contributed by atoms with Gasteiger partial charge in [-0.2, -0.15) is 4.98 Å². The van der Waals surface area contributed by atoms with Crippen molar-refractivity contribution in [1.82, 2.24) is 15.1 Å². The van der Waals surface area contributed by atoms with Crippen molar-refractivity contribution < 1.29 is 9.45 Å². The quantitative estimate of drug-likeness (QED) is 0.395. The number of nitrogens with one attached hydrogen (secondary N) is 1. The standard InChI is InChI=1S/C17H17N5O3/c1-2-3-9-19-14-7-6-12(10-15(14)22(23)24)17-20-16(21-25-17)13-5-4-8-18-11-13/h4-8,10-11,19H,2-3,9H2,1H3. The Morgan fingerprint density at radius 2 is 2.16 bits per heavy atom. The average Bonchev–Trinajstić information content (AvgIpc) is 3.13. The third-order valence-electron chi connectivity index (χ3n) is 3.63. The van der Waals surface area contributed by atoms with Gasteiger partial charge < -0.3 is 9.84 Å². The Kier molecular flexibility index (Phi) is 4.98. The highest BCUT2D eigenvalue weighted by Gasteiger charge is 2.18. The molecule has 3 rings (SSSR count). The number of nitrogens with zero attached hydrogens (tertiary/aromatic N) is 4. The Hall–Kier alpha value is -3.29. The number of pyridine rings is 1. The van der Waals surface area contributed by atoms with Gasteiger partial charge >= 0.3 is 0 Å². The van der Waals surface area contributed by atoms with Crippen LogP contribution in [0.4, 0.5) is 11.4 Å². The predicted octanol–water partition coefficient (Wildman–Crippen LogP) is 3.92. The van der Waals surface area contributed by atoms with Crippen LogP contribution in [0.25, 0.3) is 22.8 Å². The fourth-order valence-corrected chi connectivity index (χ4v) is 2.32. The molecule has 0 fully saturated rings. The molecule has 2 aromatic heterocycles.